The van der Waals surface area contributed by atoms with Gasteiger partial charge in [0.15, 0.2) is 5.76 Å². The van der Waals surface area contributed by atoms with Crippen LogP contribution in [0.15, 0.2) is 64.0 Å². The number of benzene rings is 1. The molecular formula is C15H11ClN2O2. The molecule has 0 atom stereocenters. The largest absolute Gasteiger partial charge is 0.463 e. The molecular weight excluding hydrogens is 276 g/mol. The minimum absolute atomic E-state index is 0.166. The maximum Gasteiger partial charge on any atom is 0.267 e. The average Bonchev–Trinajstić information content (AvgIpc) is 2.95. The van der Waals surface area contributed by atoms with Crippen molar-refractivity contribution in [3.05, 3.63) is 75.7 Å². The summed E-state index contributed by atoms with van der Waals surface area (Å²) < 4.78 is 6.68. The van der Waals surface area contributed by atoms with Gasteiger partial charge in [0.1, 0.15) is 5.69 Å². The summed E-state index contributed by atoms with van der Waals surface area (Å²) in [5, 5.41) is 4.94. The van der Waals surface area contributed by atoms with Crippen molar-refractivity contribution in [3.8, 4) is 11.5 Å². The molecule has 0 unspecified atom stereocenters. The molecule has 2 heterocycles. The standard InChI is InChI=1S/C15H11ClN2O2/c16-12-4-1-3-11(9-12)10-18-15(19)7-6-13(17-18)14-5-2-8-20-14/h1-9H,10H2. The Bertz CT molecular complexity index is 779. The Morgan fingerprint density at radius 2 is 2.05 bits per heavy atom. The lowest BCUT2D eigenvalue weighted by atomic mass is 10.2. The second-order valence-electron chi connectivity index (χ2n) is 4.32. The highest BCUT2D eigenvalue weighted by atomic mass is 35.5. The van der Waals surface area contributed by atoms with E-state index in [0.717, 1.165) is 5.56 Å². The predicted octanol–water partition coefficient (Wildman–Crippen LogP) is 3.21. The fourth-order valence-electron chi connectivity index (χ4n) is 1.93. The molecule has 4 nitrogen and oxygen atoms in total. The highest BCUT2D eigenvalue weighted by Gasteiger charge is 2.06. The smallest absolute Gasteiger partial charge is 0.267 e. The number of halogens is 1. The Morgan fingerprint density at radius 3 is 2.80 bits per heavy atom. The van der Waals surface area contributed by atoms with Crippen molar-refractivity contribution in [1.82, 2.24) is 9.78 Å². The molecule has 0 radical (unpaired) electrons. The molecule has 0 amide bonds. The molecule has 5 heteroatoms. The predicted molar refractivity (Wildman–Crippen MR) is 76.8 cm³/mol. The molecule has 0 saturated carbocycles. The van der Waals surface area contributed by atoms with E-state index in [2.05, 4.69) is 5.10 Å². The van der Waals surface area contributed by atoms with Crippen molar-refractivity contribution in [1.29, 1.82) is 0 Å². The fraction of sp³-hybridized carbons (Fsp3) is 0.0667. The summed E-state index contributed by atoms with van der Waals surface area (Å²) in [5.41, 5.74) is 1.38. The molecule has 0 bridgehead atoms. The molecule has 1 aromatic carbocycles. The first-order valence-corrected chi connectivity index (χ1v) is 6.47. The molecule has 0 aliphatic heterocycles. The highest BCUT2D eigenvalue weighted by Crippen LogP contribution is 2.16. The van der Waals surface area contributed by atoms with Gasteiger partial charge in [0.25, 0.3) is 5.56 Å². The van der Waals surface area contributed by atoms with Crippen LogP contribution in [-0.2, 0) is 6.54 Å². The van der Waals surface area contributed by atoms with Crippen LogP contribution in [0.4, 0.5) is 0 Å². The van der Waals surface area contributed by atoms with E-state index < -0.39 is 0 Å². The lowest BCUT2D eigenvalue weighted by Crippen LogP contribution is -2.22. The SMILES string of the molecule is O=c1ccc(-c2ccco2)nn1Cc1cccc(Cl)c1. The van der Waals surface area contributed by atoms with Gasteiger partial charge in [-0.25, -0.2) is 4.68 Å². The van der Waals surface area contributed by atoms with Crippen LogP contribution in [0.3, 0.4) is 0 Å². The van der Waals surface area contributed by atoms with Gasteiger partial charge in [0.2, 0.25) is 0 Å². The first-order valence-electron chi connectivity index (χ1n) is 6.09. The van der Waals surface area contributed by atoms with Gasteiger partial charge in [-0.15, -0.1) is 0 Å². The zero-order valence-corrected chi connectivity index (χ0v) is 11.2. The number of aromatic nitrogens is 2. The van der Waals surface area contributed by atoms with Crippen molar-refractivity contribution in [3.63, 3.8) is 0 Å². The van der Waals surface area contributed by atoms with Crippen molar-refractivity contribution < 1.29 is 4.42 Å². The summed E-state index contributed by atoms with van der Waals surface area (Å²) in [6.45, 7) is 0.369. The van der Waals surface area contributed by atoms with E-state index in [0.29, 0.717) is 23.0 Å². The molecule has 2 aromatic heterocycles. The monoisotopic (exact) mass is 286 g/mol. The topological polar surface area (TPSA) is 48.0 Å². The molecule has 0 spiro atoms. The van der Waals surface area contributed by atoms with Crippen LogP contribution in [0.5, 0.6) is 0 Å². The van der Waals surface area contributed by atoms with Crippen molar-refractivity contribution in [2.45, 2.75) is 6.54 Å². The van der Waals surface area contributed by atoms with Crippen LogP contribution in [0.25, 0.3) is 11.5 Å². The zero-order chi connectivity index (χ0) is 13.9. The normalized spacial score (nSPS) is 10.7. The molecule has 3 rings (SSSR count). The van der Waals surface area contributed by atoms with Crippen molar-refractivity contribution >= 4 is 11.6 Å². The van der Waals surface area contributed by atoms with E-state index in [1.54, 1.807) is 30.5 Å². The molecule has 0 fully saturated rings. The minimum atomic E-state index is -0.166. The van der Waals surface area contributed by atoms with Crippen LogP contribution >= 0.6 is 11.6 Å². The lowest BCUT2D eigenvalue weighted by Gasteiger charge is -2.06. The third-order valence-corrected chi connectivity index (χ3v) is 3.10. The van der Waals surface area contributed by atoms with Crippen LogP contribution in [0, 0.1) is 0 Å². The third-order valence-electron chi connectivity index (χ3n) is 2.86. The summed E-state index contributed by atoms with van der Waals surface area (Å²) in [4.78, 5) is 11.9. The number of hydrogen-bond donors (Lipinski definition) is 0. The molecule has 100 valence electrons. The van der Waals surface area contributed by atoms with Gasteiger partial charge < -0.3 is 4.42 Å². The summed E-state index contributed by atoms with van der Waals surface area (Å²) in [6, 6.07) is 14.1. The van der Waals surface area contributed by atoms with Gasteiger partial charge in [0.05, 0.1) is 12.8 Å². The summed E-state index contributed by atoms with van der Waals surface area (Å²) in [7, 11) is 0. The number of rotatable bonds is 3. The summed E-state index contributed by atoms with van der Waals surface area (Å²) in [6.07, 6.45) is 1.57. The number of nitrogens with zero attached hydrogens (tertiary/aromatic N) is 2. The second kappa shape index (κ2) is 5.35. The maximum absolute atomic E-state index is 11.9. The van der Waals surface area contributed by atoms with E-state index in [1.807, 2.05) is 18.2 Å². The van der Waals surface area contributed by atoms with Crippen molar-refractivity contribution in [2.75, 3.05) is 0 Å². The second-order valence-corrected chi connectivity index (χ2v) is 4.76. The first kappa shape index (κ1) is 12.7. The van der Waals surface area contributed by atoms with E-state index in [-0.39, 0.29) is 5.56 Å². The molecule has 0 N–H and O–H groups in total. The Balaban J connectivity index is 1.97. The molecule has 3 aromatic rings. The quantitative estimate of drug-likeness (QED) is 0.743. The van der Waals surface area contributed by atoms with E-state index in [4.69, 9.17) is 16.0 Å². The minimum Gasteiger partial charge on any atom is -0.463 e. The van der Waals surface area contributed by atoms with Gasteiger partial charge in [0, 0.05) is 11.1 Å². The van der Waals surface area contributed by atoms with Crippen LogP contribution < -0.4 is 5.56 Å². The number of furan rings is 1. The van der Waals surface area contributed by atoms with Gasteiger partial charge in [-0.1, -0.05) is 23.7 Å². The average molecular weight is 287 g/mol. The Hall–Kier alpha value is -2.33. The van der Waals surface area contributed by atoms with Crippen molar-refractivity contribution in [2.24, 2.45) is 0 Å². The molecule has 0 aliphatic carbocycles. The first-order chi connectivity index (χ1) is 9.72. The fourth-order valence-corrected chi connectivity index (χ4v) is 2.14. The number of hydrogen-bond acceptors (Lipinski definition) is 3. The molecule has 20 heavy (non-hydrogen) atoms. The summed E-state index contributed by atoms with van der Waals surface area (Å²) in [5.74, 6) is 0.629. The highest BCUT2D eigenvalue weighted by molar-refractivity contribution is 6.30. The maximum atomic E-state index is 11.9. The van der Waals surface area contributed by atoms with Crippen LogP contribution in [-0.4, -0.2) is 9.78 Å². The Kier molecular flexibility index (Phi) is 3.39. The van der Waals surface area contributed by atoms with Crippen LogP contribution in [0.2, 0.25) is 5.02 Å². The molecule has 0 aliphatic rings. The third kappa shape index (κ3) is 2.65. The summed E-state index contributed by atoms with van der Waals surface area (Å²) >= 11 is 5.94. The van der Waals surface area contributed by atoms with E-state index >= 15 is 0 Å². The van der Waals surface area contributed by atoms with E-state index in [1.165, 1.54) is 10.7 Å². The van der Waals surface area contributed by atoms with Gasteiger partial charge in [-0.3, -0.25) is 4.79 Å². The lowest BCUT2D eigenvalue weighted by molar-refractivity contribution is 0.569. The molecule has 0 saturated heterocycles. The van der Waals surface area contributed by atoms with Gasteiger partial charge in [-0.05, 0) is 35.9 Å². The van der Waals surface area contributed by atoms with Crippen LogP contribution in [0.1, 0.15) is 5.56 Å². The zero-order valence-electron chi connectivity index (χ0n) is 10.5. The van der Waals surface area contributed by atoms with E-state index in [9.17, 15) is 4.79 Å². The Labute approximate surface area is 120 Å². The van der Waals surface area contributed by atoms with Gasteiger partial charge >= 0.3 is 0 Å². The Morgan fingerprint density at radius 1 is 1.15 bits per heavy atom. The van der Waals surface area contributed by atoms with Gasteiger partial charge in [-0.2, -0.15) is 5.10 Å².